The molecule has 0 bridgehead atoms. The summed E-state index contributed by atoms with van der Waals surface area (Å²) in [4.78, 5) is 21.8. The molecule has 0 aliphatic carbocycles. The zero-order valence-corrected chi connectivity index (χ0v) is 18.8. The SMILES string of the molecule is COc1ccc(C(=O)N2CCN(c3nc4c(C)c(C)ccc4cc3C#N)CC2)cc1OC. The summed E-state index contributed by atoms with van der Waals surface area (Å²) >= 11 is 0. The first-order valence-electron chi connectivity index (χ1n) is 10.5. The topological polar surface area (TPSA) is 78.7 Å². The molecule has 1 amide bonds. The van der Waals surface area contributed by atoms with Gasteiger partial charge >= 0.3 is 0 Å². The average Bonchev–Trinajstić information content (AvgIpc) is 2.84. The molecule has 7 heteroatoms. The van der Waals surface area contributed by atoms with E-state index >= 15 is 0 Å². The van der Waals surface area contributed by atoms with E-state index in [4.69, 9.17) is 14.5 Å². The van der Waals surface area contributed by atoms with Crippen LogP contribution in [0.5, 0.6) is 11.5 Å². The molecule has 1 saturated heterocycles. The number of carbonyl (C=O) groups excluding carboxylic acids is 1. The summed E-state index contributed by atoms with van der Waals surface area (Å²) in [5, 5.41) is 10.7. The Kier molecular flexibility index (Phi) is 5.87. The third kappa shape index (κ3) is 3.80. The van der Waals surface area contributed by atoms with Gasteiger partial charge < -0.3 is 19.3 Å². The summed E-state index contributed by atoms with van der Waals surface area (Å²) in [5.74, 6) is 1.75. The number of ether oxygens (including phenoxy) is 2. The predicted molar refractivity (Wildman–Crippen MR) is 124 cm³/mol. The van der Waals surface area contributed by atoms with E-state index < -0.39 is 0 Å². The third-order valence-electron chi connectivity index (χ3n) is 6.11. The fourth-order valence-corrected chi connectivity index (χ4v) is 4.07. The van der Waals surface area contributed by atoms with Crippen molar-refractivity contribution in [3.8, 4) is 17.6 Å². The van der Waals surface area contributed by atoms with Crippen molar-refractivity contribution in [2.75, 3.05) is 45.3 Å². The van der Waals surface area contributed by atoms with Crippen LogP contribution in [-0.4, -0.2) is 56.2 Å². The summed E-state index contributed by atoms with van der Waals surface area (Å²) < 4.78 is 10.6. The van der Waals surface area contributed by atoms with E-state index in [-0.39, 0.29) is 5.91 Å². The Morgan fingerprint density at radius 1 is 1.00 bits per heavy atom. The molecule has 0 radical (unpaired) electrons. The van der Waals surface area contributed by atoms with E-state index in [2.05, 4.69) is 30.9 Å². The van der Waals surface area contributed by atoms with E-state index in [0.29, 0.717) is 54.6 Å². The number of methoxy groups -OCH3 is 2. The highest BCUT2D eigenvalue weighted by Gasteiger charge is 2.25. The Bertz CT molecular complexity index is 1220. The van der Waals surface area contributed by atoms with Crippen molar-refractivity contribution in [3.63, 3.8) is 0 Å². The molecule has 1 aliphatic rings. The highest BCUT2D eigenvalue weighted by atomic mass is 16.5. The number of amides is 1. The van der Waals surface area contributed by atoms with Crippen molar-refractivity contribution in [1.82, 2.24) is 9.88 Å². The maximum absolute atomic E-state index is 13.0. The average molecular weight is 431 g/mol. The van der Waals surface area contributed by atoms with Crippen LogP contribution in [0.1, 0.15) is 27.0 Å². The number of aryl methyl sites for hydroxylation is 2. The number of nitrogens with zero attached hydrogens (tertiary/aromatic N) is 4. The van der Waals surface area contributed by atoms with Crippen LogP contribution in [0.4, 0.5) is 5.82 Å². The number of aromatic nitrogens is 1. The molecule has 1 fully saturated rings. The van der Waals surface area contributed by atoms with Gasteiger partial charge in [-0.05, 0) is 49.2 Å². The first kappa shape index (κ1) is 21.4. The van der Waals surface area contributed by atoms with E-state index in [1.54, 1.807) is 32.4 Å². The zero-order chi connectivity index (χ0) is 22.8. The molecule has 1 aliphatic heterocycles. The van der Waals surface area contributed by atoms with Crippen molar-refractivity contribution in [2.45, 2.75) is 13.8 Å². The largest absolute Gasteiger partial charge is 0.493 e. The number of anilines is 1. The number of hydrogen-bond donors (Lipinski definition) is 0. The normalized spacial score (nSPS) is 13.7. The van der Waals surface area contributed by atoms with Gasteiger partial charge in [-0.15, -0.1) is 0 Å². The van der Waals surface area contributed by atoms with Crippen molar-refractivity contribution < 1.29 is 14.3 Å². The van der Waals surface area contributed by atoms with Gasteiger partial charge in [-0.2, -0.15) is 5.26 Å². The summed E-state index contributed by atoms with van der Waals surface area (Å²) in [6.45, 7) is 6.43. The highest BCUT2D eigenvalue weighted by Crippen LogP contribution is 2.29. The number of piperazine rings is 1. The van der Waals surface area contributed by atoms with E-state index in [1.807, 2.05) is 17.0 Å². The number of pyridine rings is 1. The van der Waals surface area contributed by atoms with Crippen LogP contribution < -0.4 is 14.4 Å². The molecule has 32 heavy (non-hydrogen) atoms. The summed E-state index contributed by atoms with van der Waals surface area (Å²) in [7, 11) is 3.12. The monoisotopic (exact) mass is 430 g/mol. The van der Waals surface area contributed by atoms with Gasteiger partial charge in [0, 0.05) is 37.1 Å². The lowest BCUT2D eigenvalue weighted by Gasteiger charge is -2.36. The van der Waals surface area contributed by atoms with E-state index in [9.17, 15) is 10.1 Å². The summed E-state index contributed by atoms with van der Waals surface area (Å²) in [6, 6.07) is 13.5. The lowest BCUT2D eigenvalue weighted by atomic mass is 10.0. The minimum absolute atomic E-state index is 0.0518. The molecule has 3 aromatic rings. The first-order valence-corrected chi connectivity index (χ1v) is 10.5. The third-order valence-corrected chi connectivity index (χ3v) is 6.11. The van der Waals surface area contributed by atoms with Crippen LogP contribution in [0.3, 0.4) is 0 Å². The van der Waals surface area contributed by atoms with Gasteiger partial charge in [0.15, 0.2) is 11.5 Å². The van der Waals surface area contributed by atoms with Gasteiger partial charge in [0.2, 0.25) is 0 Å². The number of benzene rings is 2. The minimum atomic E-state index is -0.0518. The molecule has 0 spiro atoms. The molecule has 0 atom stereocenters. The van der Waals surface area contributed by atoms with Crippen LogP contribution in [0, 0.1) is 25.2 Å². The van der Waals surface area contributed by atoms with Crippen molar-refractivity contribution in [2.24, 2.45) is 0 Å². The second kappa shape index (κ2) is 8.75. The van der Waals surface area contributed by atoms with Gasteiger partial charge in [0.1, 0.15) is 11.9 Å². The number of carbonyl (C=O) groups is 1. The quantitative estimate of drug-likeness (QED) is 0.628. The van der Waals surface area contributed by atoms with Crippen LogP contribution in [0.15, 0.2) is 36.4 Å². The molecule has 2 heterocycles. The Balaban J connectivity index is 1.55. The Labute approximate surface area is 187 Å². The van der Waals surface area contributed by atoms with Crippen molar-refractivity contribution in [1.29, 1.82) is 5.26 Å². The standard InChI is InChI=1S/C25H26N4O3/c1-16-5-6-18-13-20(15-26)24(27-23(18)17(16)2)28-9-11-29(12-10-28)25(30)19-7-8-21(31-3)22(14-19)32-4/h5-8,13-14H,9-12H2,1-4H3. The molecular formula is C25H26N4O3. The summed E-state index contributed by atoms with van der Waals surface area (Å²) in [5.41, 5.74) is 4.33. The maximum atomic E-state index is 13.0. The van der Waals surface area contributed by atoms with Crippen LogP contribution >= 0.6 is 0 Å². The fraction of sp³-hybridized carbons (Fsp3) is 0.320. The second-order valence-corrected chi connectivity index (χ2v) is 7.90. The first-order chi connectivity index (χ1) is 15.5. The fourth-order valence-electron chi connectivity index (χ4n) is 4.07. The molecule has 4 rings (SSSR count). The molecular weight excluding hydrogens is 404 g/mol. The number of fused-ring (bicyclic) bond motifs is 1. The molecule has 0 N–H and O–H groups in total. The highest BCUT2D eigenvalue weighted by molar-refractivity contribution is 5.95. The zero-order valence-electron chi connectivity index (χ0n) is 18.8. The molecule has 164 valence electrons. The van der Waals surface area contributed by atoms with Crippen LogP contribution in [0.25, 0.3) is 10.9 Å². The van der Waals surface area contributed by atoms with Gasteiger partial charge in [0.05, 0.1) is 25.3 Å². The van der Waals surface area contributed by atoms with E-state index in [0.717, 1.165) is 16.5 Å². The number of nitriles is 1. The lowest BCUT2D eigenvalue weighted by Crippen LogP contribution is -2.49. The number of rotatable bonds is 4. The smallest absolute Gasteiger partial charge is 0.254 e. The van der Waals surface area contributed by atoms with Gasteiger partial charge in [-0.1, -0.05) is 12.1 Å². The second-order valence-electron chi connectivity index (χ2n) is 7.90. The minimum Gasteiger partial charge on any atom is -0.493 e. The Morgan fingerprint density at radius 3 is 2.38 bits per heavy atom. The van der Waals surface area contributed by atoms with Gasteiger partial charge in [0.25, 0.3) is 5.91 Å². The van der Waals surface area contributed by atoms with Gasteiger partial charge in [-0.3, -0.25) is 4.79 Å². The molecule has 2 aromatic carbocycles. The Morgan fingerprint density at radius 2 is 1.72 bits per heavy atom. The van der Waals surface area contributed by atoms with Crippen molar-refractivity contribution in [3.05, 3.63) is 58.7 Å². The van der Waals surface area contributed by atoms with Crippen LogP contribution in [0.2, 0.25) is 0 Å². The Hall–Kier alpha value is -3.79. The van der Waals surface area contributed by atoms with Crippen LogP contribution in [-0.2, 0) is 0 Å². The maximum Gasteiger partial charge on any atom is 0.254 e. The van der Waals surface area contributed by atoms with Gasteiger partial charge in [-0.25, -0.2) is 4.98 Å². The lowest BCUT2D eigenvalue weighted by molar-refractivity contribution is 0.0746. The molecule has 7 nitrogen and oxygen atoms in total. The summed E-state index contributed by atoms with van der Waals surface area (Å²) in [6.07, 6.45) is 0. The molecule has 0 unspecified atom stereocenters. The van der Waals surface area contributed by atoms with E-state index in [1.165, 1.54) is 5.56 Å². The van der Waals surface area contributed by atoms with Crippen molar-refractivity contribution >= 4 is 22.6 Å². The predicted octanol–water partition coefficient (Wildman–Crippen LogP) is 3.70. The molecule has 0 saturated carbocycles. The number of hydrogen-bond acceptors (Lipinski definition) is 6. The molecule has 1 aromatic heterocycles.